The summed E-state index contributed by atoms with van der Waals surface area (Å²) in [6, 6.07) is 5.60. The third-order valence-corrected chi connectivity index (χ3v) is 1.61. The molecule has 6 nitrogen and oxygen atoms in total. The molecule has 3 N–H and O–H groups in total. The Balaban J connectivity index is 0.00000225. The second-order valence-corrected chi connectivity index (χ2v) is 2.75. The second kappa shape index (κ2) is 5.62. The molecule has 16 heavy (non-hydrogen) atoms. The van der Waals surface area contributed by atoms with E-state index in [-0.39, 0.29) is 16.8 Å². The zero-order valence-corrected chi connectivity index (χ0v) is 8.39. The molecule has 0 radical (unpaired) electrons. The molecule has 0 unspecified atom stereocenters. The number of Topliss-reactive ketones (excluding diaryl/α,β-unsaturated/α-hetero) is 1. The fourth-order valence-corrected chi connectivity index (χ4v) is 0.904. The Morgan fingerprint density at radius 2 is 1.75 bits per heavy atom. The molecule has 1 aromatic carbocycles. The molecule has 0 fully saturated rings. The van der Waals surface area contributed by atoms with Crippen LogP contribution in [0.3, 0.4) is 0 Å². The third-order valence-electron chi connectivity index (χ3n) is 1.61. The summed E-state index contributed by atoms with van der Waals surface area (Å²) in [6.07, 6.45) is 0. The molecule has 0 spiro atoms. The van der Waals surface area contributed by atoms with Crippen molar-refractivity contribution in [2.24, 2.45) is 0 Å². The van der Waals surface area contributed by atoms with E-state index in [0.29, 0.717) is 0 Å². The Morgan fingerprint density at radius 3 is 2.25 bits per heavy atom. The highest BCUT2D eigenvalue weighted by Crippen LogP contribution is 2.17. The minimum Gasteiger partial charge on any atom is -0.478 e. The maximum Gasteiger partial charge on any atom is 0.379 e. The number of ketones is 1. The van der Waals surface area contributed by atoms with Crippen LogP contribution in [0.5, 0.6) is 5.75 Å². The summed E-state index contributed by atoms with van der Waals surface area (Å²) in [7, 11) is 0. The van der Waals surface area contributed by atoms with Gasteiger partial charge in [0.1, 0.15) is 11.3 Å². The number of hydrogen-bond acceptors (Lipinski definition) is 4. The first-order valence-corrected chi connectivity index (χ1v) is 4.07. The summed E-state index contributed by atoms with van der Waals surface area (Å²) in [5, 5.41) is 8.74. The van der Waals surface area contributed by atoms with E-state index in [1.807, 2.05) is 0 Å². The molecule has 0 heterocycles. The number of esters is 1. The zero-order chi connectivity index (χ0) is 11.4. The van der Waals surface area contributed by atoms with Crippen molar-refractivity contribution in [2.75, 3.05) is 0 Å². The summed E-state index contributed by atoms with van der Waals surface area (Å²) in [5.74, 6) is -3.22. The highest BCUT2D eigenvalue weighted by atomic mass is 16.5. The number of para-hydroxylation sites is 1. The van der Waals surface area contributed by atoms with Crippen LogP contribution < -0.4 is 4.74 Å². The molecule has 0 saturated heterocycles. The van der Waals surface area contributed by atoms with E-state index in [4.69, 9.17) is 5.11 Å². The predicted molar refractivity (Wildman–Crippen MR) is 53.3 cm³/mol. The summed E-state index contributed by atoms with van der Waals surface area (Å²) >= 11 is 0. The highest BCUT2D eigenvalue weighted by Gasteiger charge is 2.16. The van der Waals surface area contributed by atoms with Crippen molar-refractivity contribution >= 4 is 17.7 Å². The molecule has 0 aliphatic rings. The molecule has 1 aromatic rings. The molecule has 0 bridgehead atoms. The first-order chi connectivity index (χ1) is 7.02. The van der Waals surface area contributed by atoms with Crippen molar-refractivity contribution in [3.05, 3.63) is 29.8 Å². The van der Waals surface area contributed by atoms with Crippen LogP contribution >= 0.6 is 0 Å². The van der Waals surface area contributed by atoms with Gasteiger partial charge in [0.05, 0.1) is 0 Å². The molecule has 6 heteroatoms. The largest absolute Gasteiger partial charge is 0.478 e. The standard InChI is InChI=1S/C10H8O5.H2O/c1-6(11)10(14)15-8-5-3-2-4-7(8)9(12)13;/h2-5H,1H3,(H,12,13);1H2. The van der Waals surface area contributed by atoms with Crippen molar-refractivity contribution < 1.29 is 29.7 Å². The fraction of sp³-hybridized carbons (Fsp3) is 0.100. The van der Waals surface area contributed by atoms with Gasteiger partial charge in [-0.1, -0.05) is 12.1 Å². The number of hydrogen-bond donors (Lipinski definition) is 1. The highest BCUT2D eigenvalue weighted by molar-refractivity contribution is 6.33. The number of carboxylic acids is 1. The maximum atomic E-state index is 10.9. The molecular weight excluding hydrogens is 216 g/mol. The van der Waals surface area contributed by atoms with Gasteiger partial charge in [-0.15, -0.1) is 0 Å². The zero-order valence-electron chi connectivity index (χ0n) is 8.39. The molecule has 0 amide bonds. The molecule has 0 saturated carbocycles. The van der Waals surface area contributed by atoms with E-state index >= 15 is 0 Å². The topological polar surface area (TPSA) is 112 Å². The fourth-order valence-electron chi connectivity index (χ4n) is 0.904. The van der Waals surface area contributed by atoms with Gasteiger partial charge in [-0.25, -0.2) is 9.59 Å². The van der Waals surface area contributed by atoms with Gasteiger partial charge in [0, 0.05) is 6.92 Å². The smallest absolute Gasteiger partial charge is 0.379 e. The number of carboxylic acid groups (broad SMARTS) is 1. The number of ether oxygens (including phenoxy) is 1. The van der Waals surface area contributed by atoms with Crippen LogP contribution in [0.15, 0.2) is 24.3 Å². The van der Waals surface area contributed by atoms with Crippen molar-refractivity contribution in [3.8, 4) is 5.75 Å². The average molecular weight is 226 g/mol. The van der Waals surface area contributed by atoms with Crippen LogP contribution in [0, 0.1) is 0 Å². The SMILES string of the molecule is CC(=O)C(=O)Oc1ccccc1C(=O)O.O. The Kier molecular flexibility index (Phi) is 4.84. The molecule has 0 atom stereocenters. The van der Waals surface area contributed by atoms with Crippen LogP contribution in [-0.4, -0.2) is 28.3 Å². The maximum absolute atomic E-state index is 10.9. The Bertz CT molecular complexity index is 423. The van der Waals surface area contributed by atoms with Gasteiger partial charge in [0.25, 0.3) is 0 Å². The van der Waals surface area contributed by atoms with Crippen LogP contribution in [0.2, 0.25) is 0 Å². The Hall–Kier alpha value is -2.21. The monoisotopic (exact) mass is 226 g/mol. The van der Waals surface area contributed by atoms with E-state index in [2.05, 4.69) is 4.74 Å². The van der Waals surface area contributed by atoms with E-state index in [1.165, 1.54) is 24.3 Å². The van der Waals surface area contributed by atoms with Crippen LogP contribution in [0.25, 0.3) is 0 Å². The summed E-state index contributed by atoms with van der Waals surface area (Å²) in [4.78, 5) is 32.2. The lowest BCUT2D eigenvalue weighted by molar-refractivity contribution is -0.146. The van der Waals surface area contributed by atoms with E-state index in [1.54, 1.807) is 0 Å². The summed E-state index contributed by atoms with van der Waals surface area (Å²) in [6.45, 7) is 1.05. The molecule has 86 valence electrons. The Morgan fingerprint density at radius 1 is 1.19 bits per heavy atom. The van der Waals surface area contributed by atoms with E-state index in [9.17, 15) is 14.4 Å². The minimum absolute atomic E-state index is 0. The van der Waals surface area contributed by atoms with Gasteiger partial charge >= 0.3 is 11.9 Å². The van der Waals surface area contributed by atoms with Crippen molar-refractivity contribution in [2.45, 2.75) is 6.92 Å². The predicted octanol–water partition coefficient (Wildman–Crippen LogP) is 0.0545. The lowest BCUT2D eigenvalue weighted by atomic mass is 10.2. The first-order valence-electron chi connectivity index (χ1n) is 4.07. The second-order valence-electron chi connectivity index (χ2n) is 2.75. The summed E-state index contributed by atoms with van der Waals surface area (Å²) < 4.78 is 4.60. The number of aromatic carboxylic acids is 1. The van der Waals surface area contributed by atoms with Gasteiger partial charge < -0.3 is 15.3 Å². The lowest BCUT2D eigenvalue weighted by Gasteiger charge is -2.04. The minimum atomic E-state index is -1.22. The Labute approximate surface area is 90.8 Å². The van der Waals surface area contributed by atoms with Crippen molar-refractivity contribution in [1.29, 1.82) is 0 Å². The molecular formula is C10H10O6. The number of rotatable bonds is 3. The lowest BCUT2D eigenvalue weighted by Crippen LogP contribution is -2.18. The molecule has 0 aliphatic heterocycles. The van der Waals surface area contributed by atoms with Gasteiger partial charge in [-0.3, -0.25) is 4.79 Å². The van der Waals surface area contributed by atoms with Crippen molar-refractivity contribution in [1.82, 2.24) is 0 Å². The van der Waals surface area contributed by atoms with Crippen LogP contribution in [-0.2, 0) is 9.59 Å². The van der Waals surface area contributed by atoms with Gasteiger partial charge in [0.15, 0.2) is 0 Å². The molecule has 0 aromatic heterocycles. The summed E-state index contributed by atoms with van der Waals surface area (Å²) in [5.41, 5.74) is -0.160. The number of carbonyl (C=O) groups excluding carboxylic acids is 2. The average Bonchev–Trinajstić information content (AvgIpc) is 2.18. The van der Waals surface area contributed by atoms with Crippen molar-refractivity contribution in [3.63, 3.8) is 0 Å². The van der Waals surface area contributed by atoms with Crippen LogP contribution in [0.1, 0.15) is 17.3 Å². The number of carbonyl (C=O) groups is 3. The van der Waals surface area contributed by atoms with Crippen LogP contribution in [0.4, 0.5) is 0 Å². The van der Waals surface area contributed by atoms with E-state index in [0.717, 1.165) is 6.92 Å². The van der Waals surface area contributed by atoms with E-state index < -0.39 is 17.7 Å². The molecule has 0 aliphatic carbocycles. The van der Waals surface area contributed by atoms with Gasteiger partial charge in [0.2, 0.25) is 5.78 Å². The normalized spacial score (nSPS) is 8.81. The first kappa shape index (κ1) is 13.8. The number of benzene rings is 1. The third kappa shape index (κ3) is 3.18. The molecule has 1 rings (SSSR count). The van der Waals surface area contributed by atoms with Gasteiger partial charge in [-0.2, -0.15) is 0 Å². The van der Waals surface area contributed by atoms with Gasteiger partial charge in [-0.05, 0) is 12.1 Å². The quantitative estimate of drug-likeness (QED) is 0.444.